The molecule has 4 heterocycles. The van der Waals surface area contributed by atoms with Crippen LogP contribution < -0.4 is 5.56 Å². The highest BCUT2D eigenvalue weighted by Gasteiger charge is 2.16. The maximum Gasteiger partial charge on any atom is 0.266 e. The molecule has 0 unspecified atom stereocenters. The van der Waals surface area contributed by atoms with Gasteiger partial charge in [-0.1, -0.05) is 13.0 Å². The summed E-state index contributed by atoms with van der Waals surface area (Å²) < 4.78 is 3.78. The average Bonchev–Trinajstić information content (AvgIpc) is 3.07. The van der Waals surface area contributed by atoms with E-state index in [1.807, 2.05) is 18.2 Å². The summed E-state index contributed by atoms with van der Waals surface area (Å²) in [6.07, 6.45) is 2.99. The molecule has 4 rings (SSSR count). The maximum atomic E-state index is 12.4. The normalized spacial score (nSPS) is 16.2. The van der Waals surface area contributed by atoms with Gasteiger partial charge in [-0.05, 0) is 43.3 Å². The van der Waals surface area contributed by atoms with Crippen LogP contribution in [0.15, 0.2) is 47.4 Å². The summed E-state index contributed by atoms with van der Waals surface area (Å²) in [6, 6.07) is 11.9. The van der Waals surface area contributed by atoms with Crippen LogP contribution in [0.4, 0.5) is 0 Å². The van der Waals surface area contributed by atoms with Crippen molar-refractivity contribution in [2.75, 3.05) is 39.8 Å². The number of aryl methyl sites for hydroxylation is 1. The number of piperazine rings is 1. The lowest BCUT2D eigenvalue weighted by atomic mass is 10.1. The number of nitrogens with zero attached hydrogens (tertiary/aromatic N) is 5. The second kappa shape index (κ2) is 7.66. The Balaban J connectivity index is 1.62. The molecule has 0 atom stereocenters. The third-order valence-corrected chi connectivity index (χ3v) is 5.47. The van der Waals surface area contributed by atoms with Crippen molar-refractivity contribution in [3.8, 4) is 11.4 Å². The molecule has 6 heteroatoms. The lowest BCUT2D eigenvalue weighted by molar-refractivity contribution is 0.148. The van der Waals surface area contributed by atoms with Crippen LogP contribution in [0.1, 0.15) is 12.5 Å². The fraction of sp³-hybridized carbons (Fsp3) is 0.429. The highest BCUT2D eigenvalue weighted by atomic mass is 16.1. The maximum absolute atomic E-state index is 12.4. The molecule has 27 heavy (non-hydrogen) atoms. The van der Waals surface area contributed by atoms with Crippen molar-refractivity contribution < 1.29 is 0 Å². The van der Waals surface area contributed by atoms with Crippen LogP contribution >= 0.6 is 0 Å². The molecule has 142 valence electrons. The fourth-order valence-corrected chi connectivity index (χ4v) is 3.78. The monoisotopic (exact) mass is 365 g/mol. The van der Waals surface area contributed by atoms with Gasteiger partial charge in [0.05, 0.1) is 12.2 Å². The molecule has 0 aromatic carbocycles. The van der Waals surface area contributed by atoms with Crippen molar-refractivity contribution in [1.82, 2.24) is 24.0 Å². The van der Waals surface area contributed by atoms with Gasteiger partial charge in [-0.15, -0.1) is 0 Å². The van der Waals surface area contributed by atoms with Crippen LogP contribution in [-0.2, 0) is 13.0 Å². The van der Waals surface area contributed by atoms with Crippen molar-refractivity contribution in [3.63, 3.8) is 0 Å². The number of rotatable bonds is 5. The van der Waals surface area contributed by atoms with Crippen molar-refractivity contribution >= 4 is 5.52 Å². The third kappa shape index (κ3) is 3.68. The van der Waals surface area contributed by atoms with Crippen molar-refractivity contribution in [2.24, 2.45) is 0 Å². The summed E-state index contributed by atoms with van der Waals surface area (Å²) in [6.45, 7) is 7.90. The van der Waals surface area contributed by atoms with Crippen LogP contribution in [0.2, 0.25) is 0 Å². The molecule has 3 aromatic rings. The zero-order valence-electron chi connectivity index (χ0n) is 16.1. The third-order valence-electron chi connectivity index (χ3n) is 5.47. The fourth-order valence-electron chi connectivity index (χ4n) is 3.78. The molecule has 1 saturated heterocycles. The number of hydrogen-bond donors (Lipinski definition) is 0. The Morgan fingerprint density at radius 3 is 2.63 bits per heavy atom. The Bertz CT molecular complexity index is 982. The van der Waals surface area contributed by atoms with E-state index in [-0.39, 0.29) is 5.56 Å². The molecule has 1 aliphatic heterocycles. The van der Waals surface area contributed by atoms with Gasteiger partial charge >= 0.3 is 0 Å². The van der Waals surface area contributed by atoms with E-state index < -0.39 is 0 Å². The number of pyridine rings is 1. The quantitative estimate of drug-likeness (QED) is 0.694. The van der Waals surface area contributed by atoms with Gasteiger partial charge in [0.15, 0.2) is 0 Å². The molecule has 0 saturated carbocycles. The molecule has 1 fully saturated rings. The van der Waals surface area contributed by atoms with Gasteiger partial charge in [-0.3, -0.25) is 9.69 Å². The Kier molecular flexibility index (Phi) is 5.09. The summed E-state index contributed by atoms with van der Waals surface area (Å²) in [5.74, 6) is 0. The predicted octanol–water partition coefficient (Wildman–Crippen LogP) is 1.97. The zero-order valence-corrected chi connectivity index (χ0v) is 16.1. The molecule has 0 aliphatic carbocycles. The highest BCUT2D eigenvalue weighted by molar-refractivity contribution is 5.69. The largest absolute Gasteiger partial charge is 0.315 e. The summed E-state index contributed by atoms with van der Waals surface area (Å²) in [4.78, 5) is 17.1. The predicted molar refractivity (Wildman–Crippen MR) is 108 cm³/mol. The molecule has 3 aromatic heterocycles. The lowest BCUT2D eigenvalue weighted by Gasteiger charge is -2.32. The zero-order chi connectivity index (χ0) is 18.8. The lowest BCUT2D eigenvalue weighted by Crippen LogP contribution is -2.46. The first-order chi connectivity index (χ1) is 13.2. The van der Waals surface area contributed by atoms with Gasteiger partial charge in [-0.2, -0.15) is 5.10 Å². The van der Waals surface area contributed by atoms with E-state index in [1.165, 1.54) is 5.56 Å². The second-order valence-corrected chi connectivity index (χ2v) is 7.29. The summed E-state index contributed by atoms with van der Waals surface area (Å²) >= 11 is 0. The van der Waals surface area contributed by atoms with E-state index in [2.05, 4.69) is 46.5 Å². The van der Waals surface area contributed by atoms with Gasteiger partial charge in [-0.25, -0.2) is 4.68 Å². The SMILES string of the molecule is CCc1cc2ccccn2c1-c1ccc(=O)n(CCN2CCN(C)CC2)n1. The van der Waals surface area contributed by atoms with Crippen LogP contribution in [-0.4, -0.2) is 63.8 Å². The van der Waals surface area contributed by atoms with E-state index in [4.69, 9.17) is 5.10 Å². The Morgan fingerprint density at radius 2 is 1.85 bits per heavy atom. The van der Waals surface area contributed by atoms with Crippen molar-refractivity contribution in [3.05, 3.63) is 58.5 Å². The topological polar surface area (TPSA) is 45.8 Å². The number of aromatic nitrogens is 3. The minimum atomic E-state index is -0.0354. The van der Waals surface area contributed by atoms with Crippen LogP contribution in [0.25, 0.3) is 16.9 Å². The van der Waals surface area contributed by atoms with Crippen LogP contribution in [0, 0.1) is 0 Å². The van der Waals surface area contributed by atoms with Crippen molar-refractivity contribution in [1.29, 1.82) is 0 Å². The van der Waals surface area contributed by atoms with Gasteiger partial charge in [0, 0.05) is 50.5 Å². The first-order valence-corrected chi connectivity index (χ1v) is 9.74. The minimum absolute atomic E-state index is 0.0354. The number of fused-ring (bicyclic) bond motifs is 1. The molecule has 0 spiro atoms. The Labute approximate surface area is 159 Å². The molecule has 0 amide bonds. The van der Waals surface area contributed by atoms with Gasteiger partial charge in [0.2, 0.25) is 0 Å². The first kappa shape index (κ1) is 17.9. The van der Waals surface area contributed by atoms with Crippen molar-refractivity contribution in [2.45, 2.75) is 19.9 Å². The molecular weight excluding hydrogens is 338 g/mol. The molecule has 0 bridgehead atoms. The van der Waals surface area contributed by atoms with E-state index in [0.717, 1.165) is 56.0 Å². The molecule has 0 radical (unpaired) electrons. The van der Waals surface area contributed by atoms with E-state index in [0.29, 0.717) is 6.54 Å². The average molecular weight is 365 g/mol. The minimum Gasteiger partial charge on any atom is -0.315 e. The smallest absolute Gasteiger partial charge is 0.266 e. The van der Waals surface area contributed by atoms with Gasteiger partial charge < -0.3 is 9.30 Å². The second-order valence-electron chi connectivity index (χ2n) is 7.29. The molecule has 1 aliphatic rings. The Morgan fingerprint density at radius 1 is 1.04 bits per heavy atom. The van der Waals surface area contributed by atoms with Crippen LogP contribution in [0.5, 0.6) is 0 Å². The Hall–Kier alpha value is -2.44. The summed E-state index contributed by atoms with van der Waals surface area (Å²) in [5, 5.41) is 4.72. The number of hydrogen-bond acceptors (Lipinski definition) is 4. The van der Waals surface area contributed by atoms with Gasteiger partial charge in [0.25, 0.3) is 5.56 Å². The van der Waals surface area contributed by atoms with E-state index >= 15 is 0 Å². The standard InChI is InChI=1S/C21H27N5O/c1-3-17-16-18-6-4-5-9-25(18)21(17)19-7-8-20(27)26(22-19)15-14-24-12-10-23(2)11-13-24/h4-9,16H,3,10-15H2,1-2H3. The highest BCUT2D eigenvalue weighted by Crippen LogP contribution is 2.26. The molecular formula is C21H27N5O. The molecule has 6 nitrogen and oxygen atoms in total. The summed E-state index contributed by atoms with van der Waals surface area (Å²) in [5.41, 5.74) is 4.31. The van der Waals surface area contributed by atoms with Gasteiger partial charge in [0.1, 0.15) is 5.69 Å². The summed E-state index contributed by atoms with van der Waals surface area (Å²) in [7, 11) is 2.15. The van der Waals surface area contributed by atoms with E-state index in [9.17, 15) is 4.79 Å². The number of likely N-dealkylation sites (N-methyl/N-ethyl adjacent to an activating group) is 1. The molecule has 0 N–H and O–H groups in total. The van der Waals surface area contributed by atoms with Crippen LogP contribution in [0.3, 0.4) is 0 Å². The van der Waals surface area contributed by atoms with E-state index in [1.54, 1.807) is 10.7 Å². The first-order valence-electron chi connectivity index (χ1n) is 9.74.